The molecule has 0 unspecified atom stereocenters. The number of ether oxygens (including phenoxy) is 2. The predicted octanol–water partition coefficient (Wildman–Crippen LogP) is 3.80. The van der Waals surface area contributed by atoms with Crippen molar-refractivity contribution < 1.29 is 14.0 Å². The Morgan fingerprint density at radius 2 is 1.90 bits per heavy atom. The Morgan fingerprint density at radius 3 is 2.65 bits per heavy atom. The lowest BCUT2D eigenvalue weighted by Crippen LogP contribution is -1.99. The first-order valence-corrected chi connectivity index (χ1v) is 6.81. The van der Waals surface area contributed by atoms with E-state index in [0.29, 0.717) is 45.6 Å². The van der Waals surface area contributed by atoms with Crippen molar-refractivity contribution in [2.75, 3.05) is 13.7 Å². The van der Waals surface area contributed by atoms with E-state index in [1.165, 1.54) is 12.1 Å². The molecule has 0 saturated heterocycles. The summed E-state index contributed by atoms with van der Waals surface area (Å²) in [4.78, 5) is 4.15. The van der Waals surface area contributed by atoms with Gasteiger partial charge in [-0.1, -0.05) is 40.0 Å². The van der Waals surface area contributed by atoms with Gasteiger partial charge in [-0.25, -0.2) is 0 Å². The third-order valence-electron chi connectivity index (χ3n) is 2.37. The number of benzene rings is 1. The Bertz CT molecular complexity index is 589. The fourth-order valence-corrected chi connectivity index (χ4v) is 1.99. The van der Waals surface area contributed by atoms with E-state index in [2.05, 4.69) is 10.1 Å². The van der Waals surface area contributed by atoms with Crippen LogP contribution in [0.15, 0.2) is 16.7 Å². The van der Waals surface area contributed by atoms with Gasteiger partial charge < -0.3 is 14.0 Å². The van der Waals surface area contributed by atoms with Crippen LogP contribution in [-0.2, 0) is 17.8 Å². The maximum Gasteiger partial charge on any atom is 0.264 e. The minimum atomic E-state index is 0.0949. The molecule has 0 aliphatic heterocycles. The van der Waals surface area contributed by atoms with Gasteiger partial charge in [-0.15, -0.1) is 0 Å². The summed E-state index contributed by atoms with van der Waals surface area (Å²) < 4.78 is 15.4. The molecule has 20 heavy (non-hydrogen) atoms. The molecule has 0 atom stereocenters. The lowest BCUT2D eigenvalue weighted by molar-refractivity contribution is 0.199. The molecule has 1 heterocycles. The van der Waals surface area contributed by atoms with Crippen molar-refractivity contribution in [3.05, 3.63) is 38.9 Å². The quantitative estimate of drug-likeness (QED) is 0.750. The number of rotatable bonds is 6. The molecule has 2 aromatic rings. The molecule has 5 nitrogen and oxygen atoms in total. The van der Waals surface area contributed by atoms with E-state index < -0.39 is 0 Å². The summed E-state index contributed by atoms with van der Waals surface area (Å²) in [6.07, 6.45) is 0.577. The second-order valence-electron chi connectivity index (χ2n) is 3.83. The first kappa shape index (κ1) is 15.4. The van der Waals surface area contributed by atoms with Crippen LogP contribution < -0.4 is 4.74 Å². The average Bonchev–Trinajstić information content (AvgIpc) is 2.87. The van der Waals surface area contributed by atoms with Gasteiger partial charge in [0.1, 0.15) is 5.75 Å². The van der Waals surface area contributed by atoms with Crippen molar-refractivity contribution in [2.45, 2.75) is 13.0 Å². The first-order chi connectivity index (χ1) is 9.60. The van der Waals surface area contributed by atoms with Crippen LogP contribution >= 0.6 is 34.8 Å². The molecule has 0 spiro atoms. The molecule has 0 bridgehead atoms. The molecule has 1 aromatic heterocycles. The number of hydrogen-bond acceptors (Lipinski definition) is 5. The Kier molecular flexibility index (Phi) is 5.48. The Morgan fingerprint density at radius 1 is 1.15 bits per heavy atom. The zero-order valence-electron chi connectivity index (χ0n) is 10.5. The number of nitrogens with zero attached hydrogens (tertiary/aromatic N) is 2. The standard InChI is InChI=1S/C12H11Cl3N2O3/c1-18-3-2-11-16-12(20-17-11)6-19-10-5-8(14)7(13)4-9(10)15/h4-5H,2-3,6H2,1H3. The van der Waals surface area contributed by atoms with E-state index in [-0.39, 0.29) is 6.61 Å². The van der Waals surface area contributed by atoms with E-state index in [0.717, 1.165) is 0 Å². The van der Waals surface area contributed by atoms with E-state index in [4.69, 9.17) is 48.8 Å². The molecule has 0 fully saturated rings. The summed E-state index contributed by atoms with van der Waals surface area (Å²) in [5, 5.41) is 4.88. The van der Waals surface area contributed by atoms with Crippen LogP contribution in [0.1, 0.15) is 11.7 Å². The molecule has 0 amide bonds. The monoisotopic (exact) mass is 336 g/mol. The van der Waals surface area contributed by atoms with Crippen molar-refractivity contribution >= 4 is 34.8 Å². The Hall–Kier alpha value is -1.01. The Balaban J connectivity index is 1.98. The van der Waals surface area contributed by atoms with Gasteiger partial charge in [-0.05, 0) is 6.07 Å². The highest BCUT2D eigenvalue weighted by molar-refractivity contribution is 6.43. The number of halogens is 3. The largest absolute Gasteiger partial charge is 0.482 e. The van der Waals surface area contributed by atoms with Crippen LogP contribution in [0.25, 0.3) is 0 Å². The van der Waals surface area contributed by atoms with E-state index in [9.17, 15) is 0 Å². The molecule has 8 heteroatoms. The lowest BCUT2D eigenvalue weighted by atomic mass is 10.3. The summed E-state index contributed by atoms with van der Waals surface area (Å²) in [5.41, 5.74) is 0. The third kappa shape index (κ3) is 3.99. The number of aromatic nitrogens is 2. The third-order valence-corrected chi connectivity index (χ3v) is 3.38. The molecule has 0 N–H and O–H groups in total. The second kappa shape index (κ2) is 7.13. The molecule has 0 aliphatic rings. The summed E-state index contributed by atoms with van der Waals surface area (Å²) >= 11 is 17.7. The van der Waals surface area contributed by atoms with Crippen molar-refractivity contribution in [3.63, 3.8) is 0 Å². The number of methoxy groups -OCH3 is 1. The van der Waals surface area contributed by atoms with Gasteiger partial charge in [-0.3, -0.25) is 0 Å². The summed E-state index contributed by atoms with van der Waals surface area (Å²) in [6, 6.07) is 3.05. The topological polar surface area (TPSA) is 57.4 Å². The van der Waals surface area contributed by atoms with Crippen LogP contribution in [0.2, 0.25) is 15.1 Å². The molecular formula is C12H11Cl3N2O3. The van der Waals surface area contributed by atoms with Crippen LogP contribution in [0, 0.1) is 0 Å². The summed E-state index contributed by atoms with van der Waals surface area (Å²) in [5.74, 6) is 1.31. The fourth-order valence-electron chi connectivity index (χ4n) is 1.40. The van der Waals surface area contributed by atoms with Crippen molar-refractivity contribution in [1.82, 2.24) is 10.1 Å². The number of hydrogen-bond donors (Lipinski definition) is 0. The van der Waals surface area contributed by atoms with Gasteiger partial charge in [0.05, 0.1) is 21.7 Å². The van der Waals surface area contributed by atoms with E-state index in [1.807, 2.05) is 0 Å². The van der Waals surface area contributed by atoms with Crippen LogP contribution in [0.3, 0.4) is 0 Å². The minimum Gasteiger partial charge on any atom is -0.482 e. The zero-order chi connectivity index (χ0) is 14.5. The van der Waals surface area contributed by atoms with Crippen LogP contribution in [0.5, 0.6) is 5.75 Å². The summed E-state index contributed by atoms with van der Waals surface area (Å²) in [7, 11) is 1.61. The van der Waals surface area contributed by atoms with Crippen LogP contribution in [-0.4, -0.2) is 23.9 Å². The first-order valence-electron chi connectivity index (χ1n) is 5.68. The minimum absolute atomic E-state index is 0.0949. The van der Waals surface area contributed by atoms with Gasteiger partial charge in [-0.2, -0.15) is 4.98 Å². The van der Waals surface area contributed by atoms with Gasteiger partial charge in [0.25, 0.3) is 5.89 Å². The second-order valence-corrected chi connectivity index (χ2v) is 5.05. The molecule has 0 aliphatic carbocycles. The van der Waals surface area contributed by atoms with E-state index in [1.54, 1.807) is 7.11 Å². The zero-order valence-corrected chi connectivity index (χ0v) is 12.8. The highest BCUT2D eigenvalue weighted by Gasteiger charge is 2.10. The average molecular weight is 338 g/mol. The maximum absolute atomic E-state index is 5.99. The van der Waals surface area contributed by atoms with Gasteiger partial charge in [0, 0.05) is 19.6 Å². The van der Waals surface area contributed by atoms with Crippen LogP contribution in [0.4, 0.5) is 0 Å². The SMILES string of the molecule is COCCc1noc(COc2cc(Cl)c(Cl)cc2Cl)n1. The Labute approximate surface area is 130 Å². The molecule has 1 aromatic carbocycles. The maximum atomic E-state index is 5.99. The highest BCUT2D eigenvalue weighted by atomic mass is 35.5. The molecule has 0 radical (unpaired) electrons. The predicted molar refractivity (Wildman–Crippen MR) is 75.7 cm³/mol. The fraction of sp³-hybridized carbons (Fsp3) is 0.333. The highest BCUT2D eigenvalue weighted by Crippen LogP contribution is 2.34. The molecule has 2 rings (SSSR count). The summed E-state index contributed by atoms with van der Waals surface area (Å²) in [6.45, 7) is 0.621. The smallest absolute Gasteiger partial charge is 0.264 e. The normalized spacial score (nSPS) is 10.8. The van der Waals surface area contributed by atoms with Crippen molar-refractivity contribution in [2.24, 2.45) is 0 Å². The van der Waals surface area contributed by atoms with Gasteiger partial charge >= 0.3 is 0 Å². The molecule has 0 saturated carbocycles. The molecular weight excluding hydrogens is 327 g/mol. The van der Waals surface area contributed by atoms with Crippen molar-refractivity contribution in [1.29, 1.82) is 0 Å². The van der Waals surface area contributed by atoms with Crippen molar-refractivity contribution in [3.8, 4) is 5.75 Å². The molecule has 108 valence electrons. The van der Waals surface area contributed by atoms with E-state index >= 15 is 0 Å². The van der Waals surface area contributed by atoms with Gasteiger partial charge in [0.15, 0.2) is 12.4 Å². The lowest BCUT2D eigenvalue weighted by Gasteiger charge is -2.06. The van der Waals surface area contributed by atoms with Gasteiger partial charge in [0.2, 0.25) is 0 Å².